The lowest BCUT2D eigenvalue weighted by Gasteiger charge is -2.55. The Kier molecular flexibility index (Phi) is 5.39. The first kappa shape index (κ1) is 19.6. The van der Waals surface area contributed by atoms with E-state index in [1.807, 2.05) is 36.4 Å². The van der Waals surface area contributed by atoms with Crippen LogP contribution in [0, 0.1) is 0 Å². The number of fused-ring (bicyclic) bond motifs is 1. The molecular formula is C24H29N3O2. The van der Waals surface area contributed by atoms with Crippen molar-refractivity contribution < 1.29 is 9.59 Å². The molecule has 1 aliphatic heterocycles. The lowest BCUT2D eigenvalue weighted by Crippen LogP contribution is -2.64. The van der Waals surface area contributed by atoms with Gasteiger partial charge in [0.05, 0.1) is 23.3 Å². The van der Waals surface area contributed by atoms with E-state index in [2.05, 4.69) is 29.0 Å². The molecule has 2 heterocycles. The molecule has 1 saturated carbocycles. The SMILES string of the molecule is CC[C@H](C)N1C(=O)c2ccccc2[C@H](C(=O)Nc2cccnc2)C12CCCCC2. The second kappa shape index (κ2) is 7.97. The summed E-state index contributed by atoms with van der Waals surface area (Å²) in [6.45, 7) is 4.22. The molecule has 2 aliphatic rings. The smallest absolute Gasteiger partial charge is 0.254 e. The Hall–Kier alpha value is -2.69. The highest BCUT2D eigenvalue weighted by atomic mass is 16.2. The maximum Gasteiger partial charge on any atom is 0.254 e. The van der Waals surface area contributed by atoms with Crippen LogP contribution >= 0.6 is 0 Å². The van der Waals surface area contributed by atoms with Gasteiger partial charge in [-0.3, -0.25) is 14.6 Å². The number of nitrogens with one attached hydrogen (secondary N) is 1. The Morgan fingerprint density at radius 2 is 1.97 bits per heavy atom. The summed E-state index contributed by atoms with van der Waals surface area (Å²) in [7, 11) is 0. The van der Waals surface area contributed by atoms with E-state index in [0.29, 0.717) is 11.3 Å². The number of pyridine rings is 1. The minimum atomic E-state index is -0.467. The Balaban J connectivity index is 1.85. The zero-order valence-electron chi connectivity index (χ0n) is 17.2. The quantitative estimate of drug-likeness (QED) is 0.817. The van der Waals surface area contributed by atoms with Gasteiger partial charge in [0.15, 0.2) is 0 Å². The van der Waals surface area contributed by atoms with Gasteiger partial charge in [0.25, 0.3) is 5.91 Å². The van der Waals surface area contributed by atoms with Crippen LogP contribution in [0.3, 0.4) is 0 Å². The fourth-order valence-corrected chi connectivity index (χ4v) is 5.26. The maximum absolute atomic E-state index is 13.7. The van der Waals surface area contributed by atoms with Crippen LogP contribution in [0.15, 0.2) is 48.8 Å². The average molecular weight is 392 g/mol. The van der Waals surface area contributed by atoms with E-state index in [4.69, 9.17) is 0 Å². The molecule has 2 amide bonds. The molecule has 0 saturated heterocycles. The molecule has 4 rings (SSSR count). The first-order valence-corrected chi connectivity index (χ1v) is 10.7. The number of nitrogens with zero attached hydrogens (tertiary/aromatic N) is 2. The van der Waals surface area contributed by atoms with Gasteiger partial charge in [0, 0.05) is 17.8 Å². The van der Waals surface area contributed by atoms with Crippen molar-refractivity contribution in [1.82, 2.24) is 9.88 Å². The lowest BCUT2D eigenvalue weighted by molar-refractivity contribution is -0.122. The minimum absolute atomic E-state index is 0.0480. The molecule has 1 aliphatic carbocycles. The van der Waals surface area contributed by atoms with Gasteiger partial charge in [-0.1, -0.05) is 44.4 Å². The van der Waals surface area contributed by atoms with Crippen molar-refractivity contribution in [3.05, 3.63) is 59.9 Å². The van der Waals surface area contributed by atoms with E-state index in [-0.39, 0.29) is 23.8 Å². The predicted molar refractivity (Wildman–Crippen MR) is 114 cm³/mol. The number of benzene rings is 1. The zero-order valence-corrected chi connectivity index (χ0v) is 17.2. The average Bonchev–Trinajstić information content (AvgIpc) is 2.75. The molecule has 2 atom stereocenters. The summed E-state index contributed by atoms with van der Waals surface area (Å²) in [6, 6.07) is 11.4. The largest absolute Gasteiger partial charge is 0.329 e. The number of aromatic nitrogens is 1. The summed E-state index contributed by atoms with van der Waals surface area (Å²) in [5.74, 6) is -0.360. The predicted octanol–water partition coefficient (Wildman–Crippen LogP) is 4.76. The summed E-state index contributed by atoms with van der Waals surface area (Å²) in [6.07, 6.45) is 9.19. The summed E-state index contributed by atoms with van der Waals surface area (Å²) in [4.78, 5) is 33.5. The van der Waals surface area contributed by atoms with Gasteiger partial charge in [-0.05, 0) is 49.9 Å². The normalized spacial score (nSPS) is 21.5. The summed E-state index contributed by atoms with van der Waals surface area (Å²) < 4.78 is 0. The molecule has 1 spiro atoms. The number of hydrogen-bond acceptors (Lipinski definition) is 3. The van der Waals surface area contributed by atoms with Crippen molar-refractivity contribution in [2.45, 2.75) is 69.9 Å². The highest BCUT2D eigenvalue weighted by Gasteiger charge is 2.55. The van der Waals surface area contributed by atoms with Crippen molar-refractivity contribution in [1.29, 1.82) is 0 Å². The van der Waals surface area contributed by atoms with Crippen molar-refractivity contribution >= 4 is 17.5 Å². The second-order valence-electron chi connectivity index (χ2n) is 8.35. The molecule has 152 valence electrons. The monoisotopic (exact) mass is 391 g/mol. The molecule has 5 heteroatoms. The fraction of sp³-hybridized carbons (Fsp3) is 0.458. The topological polar surface area (TPSA) is 62.3 Å². The maximum atomic E-state index is 13.7. The molecule has 1 aromatic heterocycles. The van der Waals surface area contributed by atoms with Gasteiger partial charge < -0.3 is 10.2 Å². The van der Waals surface area contributed by atoms with Crippen LogP contribution in [-0.2, 0) is 4.79 Å². The van der Waals surface area contributed by atoms with Crippen LogP contribution in [-0.4, -0.2) is 33.3 Å². The number of hydrogen-bond donors (Lipinski definition) is 1. The van der Waals surface area contributed by atoms with E-state index in [9.17, 15) is 9.59 Å². The van der Waals surface area contributed by atoms with E-state index < -0.39 is 5.54 Å². The molecule has 2 aromatic rings. The Labute approximate surface area is 172 Å². The number of carbonyl (C=O) groups excluding carboxylic acids is 2. The van der Waals surface area contributed by atoms with E-state index in [1.54, 1.807) is 12.4 Å². The van der Waals surface area contributed by atoms with Gasteiger partial charge in [-0.2, -0.15) is 0 Å². The highest BCUT2D eigenvalue weighted by molar-refractivity contribution is 6.05. The van der Waals surface area contributed by atoms with E-state index >= 15 is 0 Å². The van der Waals surface area contributed by atoms with Crippen LogP contribution in [0.4, 0.5) is 5.69 Å². The van der Waals surface area contributed by atoms with Crippen LogP contribution < -0.4 is 5.32 Å². The summed E-state index contributed by atoms with van der Waals surface area (Å²) in [5.41, 5.74) is 1.74. The molecule has 0 bridgehead atoms. The molecule has 1 aromatic carbocycles. The van der Waals surface area contributed by atoms with Crippen molar-refractivity contribution in [3.8, 4) is 0 Å². The third-order valence-corrected chi connectivity index (χ3v) is 6.68. The summed E-state index contributed by atoms with van der Waals surface area (Å²) >= 11 is 0. The fourth-order valence-electron chi connectivity index (χ4n) is 5.26. The van der Waals surface area contributed by atoms with Gasteiger partial charge in [0.1, 0.15) is 0 Å². The van der Waals surface area contributed by atoms with Gasteiger partial charge >= 0.3 is 0 Å². The van der Waals surface area contributed by atoms with Gasteiger partial charge in [-0.25, -0.2) is 0 Å². The molecule has 0 unspecified atom stereocenters. The molecule has 5 nitrogen and oxygen atoms in total. The molecule has 29 heavy (non-hydrogen) atoms. The number of carbonyl (C=O) groups is 2. The van der Waals surface area contributed by atoms with Crippen molar-refractivity contribution in [3.63, 3.8) is 0 Å². The third kappa shape index (κ3) is 3.33. The van der Waals surface area contributed by atoms with Crippen molar-refractivity contribution in [2.24, 2.45) is 0 Å². The molecular weight excluding hydrogens is 362 g/mol. The van der Waals surface area contributed by atoms with Gasteiger partial charge in [-0.15, -0.1) is 0 Å². The first-order chi connectivity index (χ1) is 14.1. The van der Waals surface area contributed by atoms with Crippen LogP contribution in [0.5, 0.6) is 0 Å². The van der Waals surface area contributed by atoms with Gasteiger partial charge in [0.2, 0.25) is 5.91 Å². The Morgan fingerprint density at radius 3 is 2.66 bits per heavy atom. The number of anilines is 1. The van der Waals surface area contributed by atoms with Crippen molar-refractivity contribution in [2.75, 3.05) is 5.32 Å². The standard InChI is InChI=1S/C24H29N3O2/c1-3-17(2)27-23(29)20-12-6-5-11-19(20)21(24(27)13-7-4-8-14-24)22(28)26-18-10-9-15-25-16-18/h5-6,9-12,15-17,21H,3-4,7-8,13-14H2,1-2H3,(H,26,28)/t17-,21+/m0/s1. The van der Waals surface area contributed by atoms with Crippen LogP contribution in [0.1, 0.15) is 74.2 Å². The third-order valence-electron chi connectivity index (χ3n) is 6.68. The molecule has 1 fully saturated rings. The van der Waals surface area contributed by atoms with E-state index in [0.717, 1.165) is 44.1 Å². The Morgan fingerprint density at radius 1 is 1.21 bits per heavy atom. The van der Waals surface area contributed by atoms with E-state index in [1.165, 1.54) is 0 Å². The number of rotatable bonds is 4. The van der Waals surface area contributed by atoms with Crippen LogP contribution in [0.2, 0.25) is 0 Å². The Bertz CT molecular complexity index is 890. The first-order valence-electron chi connectivity index (χ1n) is 10.7. The van der Waals surface area contributed by atoms with Crippen LogP contribution in [0.25, 0.3) is 0 Å². The molecule has 1 N–H and O–H groups in total. The highest BCUT2D eigenvalue weighted by Crippen LogP contribution is 2.50. The number of amides is 2. The second-order valence-corrected chi connectivity index (χ2v) is 8.35. The zero-order chi connectivity index (χ0) is 20.4. The molecule has 0 radical (unpaired) electrons. The minimum Gasteiger partial charge on any atom is -0.329 e. The lowest BCUT2D eigenvalue weighted by atomic mass is 9.64. The summed E-state index contributed by atoms with van der Waals surface area (Å²) in [5, 5.41) is 3.08.